The van der Waals surface area contributed by atoms with E-state index in [1.165, 1.54) is 17.1 Å². The Morgan fingerprint density at radius 3 is 2.44 bits per heavy atom. The van der Waals surface area contributed by atoms with Crippen LogP contribution in [0.5, 0.6) is 0 Å². The molecule has 5 heterocycles. The molecule has 0 unspecified atom stereocenters. The van der Waals surface area contributed by atoms with Crippen molar-refractivity contribution in [3.8, 4) is 0 Å². The van der Waals surface area contributed by atoms with Crippen molar-refractivity contribution >= 4 is 63.6 Å². The molecule has 0 saturated carbocycles. The van der Waals surface area contributed by atoms with E-state index >= 15 is 0 Å². The highest BCUT2D eigenvalue weighted by Gasteiger charge is 2.54. The number of β-lactam (4-membered cyclic amide) rings is 1. The largest absolute Gasteiger partial charge is 0.478 e. The van der Waals surface area contributed by atoms with E-state index in [9.17, 15) is 34.3 Å². The van der Waals surface area contributed by atoms with Gasteiger partial charge in [0, 0.05) is 47.5 Å². The van der Waals surface area contributed by atoms with Gasteiger partial charge in [-0.15, -0.1) is 23.1 Å². The third-order valence-electron chi connectivity index (χ3n) is 8.03. The summed E-state index contributed by atoms with van der Waals surface area (Å²) in [7, 11) is 0. The molecule has 2 fully saturated rings. The van der Waals surface area contributed by atoms with Crippen molar-refractivity contribution in [1.29, 1.82) is 0 Å². The molecule has 6 N–H and O–H groups in total. The predicted molar refractivity (Wildman–Crippen MR) is 172 cm³/mol. The molecule has 2 saturated heterocycles. The zero-order valence-corrected chi connectivity index (χ0v) is 26.6. The van der Waals surface area contributed by atoms with E-state index in [1.54, 1.807) is 35.2 Å². The maximum absolute atomic E-state index is 13.3. The van der Waals surface area contributed by atoms with Crippen LogP contribution in [0, 0.1) is 0 Å². The van der Waals surface area contributed by atoms with Crippen molar-refractivity contribution in [1.82, 2.24) is 20.1 Å². The summed E-state index contributed by atoms with van der Waals surface area (Å²) in [5.41, 5.74) is 7.75. The molecule has 15 nitrogen and oxygen atoms in total. The monoisotopic (exact) mass is 690 g/mol. The van der Waals surface area contributed by atoms with Crippen LogP contribution in [0.3, 0.4) is 0 Å². The minimum absolute atomic E-state index is 0.0330. The fourth-order valence-electron chi connectivity index (χ4n) is 5.62. The number of carbonyl (C=O) groups excluding carboxylic acids is 3. The summed E-state index contributed by atoms with van der Waals surface area (Å²) in [4.78, 5) is 69.3. The first-order valence-corrected chi connectivity index (χ1v) is 16.4. The van der Waals surface area contributed by atoms with Crippen LogP contribution >= 0.6 is 23.1 Å². The molecule has 246 valence electrons. The summed E-state index contributed by atoms with van der Waals surface area (Å²) in [5, 5.41) is 34.9. The van der Waals surface area contributed by atoms with Gasteiger partial charge < -0.3 is 31.4 Å². The highest BCUT2D eigenvalue weighted by atomic mass is 32.2. The maximum Gasteiger partial charge on any atom is 0.352 e. The number of aliphatic carboxylic acids is 1. The Bertz CT molecular complexity index is 1920. The lowest BCUT2D eigenvalue weighted by molar-refractivity contribution is -0.688. The molecule has 0 bridgehead atoms. The Morgan fingerprint density at radius 2 is 1.81 bits per heavy atom. The zero-order chi connectivity index (χ0) is 34.1. The first kappa shape index (κ1) is 32.4. The zero-order valence-electron chi connectivity index (χ0n) is 25.0. The Labute approximate surface area is 280 Å². The average molecular weight is 691 g/mol. The normalized spacial score (nSPS) is 20.2. The summed E-state index contributed by atoms with van der Waals surface area (Å²) in [6.07, 6.45) is 5.71. The first-order valence-electron chi connectivity index (χ1n) is 14.5. The van der Waals surface area contributed by atoms with E-state index in [2.05, 4.69) is 15.5 Å². The van der Waals surface area contributed by atoms with Crippen molar-refractivity contribution in [2.45, 2.75) is 30.9 Å². The molecule has 2 atom stereocenters. The number of allylic oxidation sites excluding steroid dienone is 1. The van der Waals surface area contributed by atoms with Crippen LogP contribution in [0.1, 0.15) is 33.6 Å². The maximum atomic E-state index is 13.3. The predicted octanol–water partition coefficient (Wildman–Crippen LogP) is 1.04. The van der Waals surface area contributed by atoms with Gasteiger partial charge in [-0.05, 0) is 35.8 Å². The number of aromatic nitrogens is 2. The number of carboxylic acids is 2. The van der Waals surface area contributed by atoms with Crippen molar-refractivity contribution in [2.75, 3.05) is 18.0 Å². The lowest BCUT2D eigenvalue weighted by atomic mass is 10.0. The number of oxime groups is 1. The minimum Gasteiger partial charge on any atom is -0.478 e. The van der Waals surface area contributed by atoms with E-state index in [4.69, 9.17) is 10.8 Å². The molecular weight excluding hydrogens is 663 g/mol. The highest BCUT2D eigenvalue weighted by molar-refractivity contribution is 8.00. The number of thiazole rings is 1. The number of likely N-dealkylation sites (tertiary alicyclic amines) is 1. The Balaban J connectivity index is 1.10. The Kier molecular flexibility index (Phi) is 8.97. The van der Waals surface area contributed by atoms with E-state index in [0.717, 1.165) is 27.4 Å². The molecule has 3 aromatic rings. The number of amides is 3. The molecule has 0 aliphatic carbocycles. The number of nitrogens with zero attached hydrogens (tertiary/aromatic N) is 5. The van der Waals surface area contributed by atoms with Crippen molar-refractivity contribution in [3.05, 3.63) is 99.5 Å². The number of carboxylic acid groups (broad SMARTS) is 2. The molecule has 0 radical (unpaired) electrons. The van der Waals surface area contributed by atoms with Crippen molar-refractivity contribution in [2.24, 2.45) is 5.16 Å². The van der Waals surface area contributed by atoms with Gasteiger partial charge in [-0.3, -0.25) is 19.3 Å². The number of nitrogens with one attached hydrogen (secondary N) is 1. The van der Waals surface area contributed by atoms with Crippen LogP contribution in [0.25, 0.3) is 0 Å². The number of aromatic carboxylic acids is 1. The molecule has 3 amide bonds. The second-order valence-corrected chi connectivity index (χ2v) is 13.1. The number of thioether (sulfide) groups is 1. The van der Waals surface area contributed by atoms with Crippen LogP contribution < -0.4 is 15.6 Å². The van der Waals surface area contributed by atoms with Gasteiger partial charge in [0.15, 0.2) is 29.8 Å². The van der Waals surface area contributed by atoms with Gasteiger partial charge in [-0.25, -0.2) is 19.1 Å². The lowest BCUT2D eigenvalue weighted by Crippen LogP contribution is -2.71. The van der Waals surface area contributed by atoms with Gasteiger partial charge in [-0.2, -0.15) is 0 Å². The number of fused-ring (bicyclic) bond motifs is 1. The molecule has 48 heavy (non-hydrogen) atoms. The van der Waals surface area contributed by atoms with Gasteiger partial charge in [0.25, 0.3) is 11.8 Å². The van der Waals surface area contributed by atoms with Crippen LogP contribution in [0.15, 0.2) is 82.2 Å². The van der Waals surface area contributed by atoms with Crippen LogP contribution in [-0.4, -0.2) is 89.3 Å². The van der Waals surface area contributed by atoms with Gasteiger partial charge in [0.2, 0.25) is 5.91 Å². The first-order chi connectivity index (χ1) is 23.0. The summed E-state index contributed by atoms with van der Waals surface area (Å²) in [5.74, 6) is -3.88. The molecule has 6 rings (SSSR count). The number of anilines is 1. The number of benzene rings is 1. The molecule has 0 spiro atoms. The molecule has 1 aromatic carbocycles. The number of hydrogen-bond donors (Lipinski definition) is 5. The van der Waals surface area contributed by atoms with Gasteiger partial charge in [0.1, 0.15) is 22.8 Å². The molecule has 2 aromatic heterocycles. The molecule has 17 heteroatoms. The number of nitrogen functional groups attached to an aromatic ring is 1. The number of hydrogen-bond acceptors (Lipinski definition) is 11. The minimum atomic E-state index is -1.33. The summed E-state index contributed by atoms with van der Waals surface area (Å²) in [6, 6.07) is 9.37. The molecular formula is C31H28N7O8S2+. The topological polar surface area (TPSA) is 220 Å². The Morgan fingerprint density at radius 1 is 1.08 bits per heavy atom. The summed E-state index contributed by atoms with van der Waals surface area (Å²) >= 11 is 2.28. The SMILES string of the molecule is Nc1nc(/C(=N/O)C(=O)N[C@@H]2C(=O)N3C(C(=O)O)=C(C=C4CCN(Cc5cc[n+](Cc6ccc(C(=O)O)cc6)cc5)C4=O)CS[C@H]23)cs1. The number of rotatable bonds is 10. The standard InChI is InChI=1S/C31H27N7O8S2/c32-31-33-21(15-48-31)22(35-46)25(39)34-23-27(41)38-24(30(44)45)20(14-47-28(23)38)11-19-7-10-37(26(19)40)13-17-5-8-36(9-6-17)12-16-1-3-18(4-2-16)29(42)43/h1-6,8-9,11,15,23,28H,7,10,12-14H2,(H5-,32,33,34,39,42,43,44,45,46)/p+1/t23-,28-/m1/s1. The van der Waals surface area contributed by atoms with E-state index in [1.807, 2.05) is 29.1 Å². The number of nitrogens with two attached hydrogens (primary N) is 1. The smallest absolute Gasteiger partial charge is 0.352 e. The van der Waals surface area contributed by atoms with E-state index < -0.39 is 40.9 Å². The molecule has 3 aliphatic rings. The van der Waals surface area contributed by atoms with Crippen LogP contribution in [0.2, 0.25) is 0 Å². The lowest BCUT2D eigenvalue weighted by Gasteiger charge is -2.49. The van der Waals surface area contributed by atoms with Crippen LogP contribution in [0.4, 0.5) is 5.13 Å². The summed E-state index contributed by atoms with van der Waals surface area (Å²) in [6.45, 7) is 1.34. The number of pyridine rings is 1. The number of carbonyl (C=O) groups is 5. The van der Waals surface area contributed by atoms with Crippen molar-refractivity contribution < 1.29 is 44.0 Å². The third kappa shape index (κ3) is 6.37. The van der Waals surface area contributed by atoms with Gasteiger partial charge in [0.05, 0.1) is 5.56 Å². The molecule has 3 aliphatic heterocycles. The van der Waals surface area contributed by atoms with Crippen molar-refractivity contribution in [3.63, 3.8) is 0 Å². The Hall–Kier alpha value is -5.55. The van der Waals surface area contributed by atoms with Crippen LogP contribution in [-0.2, 0) is 32.3 Å². The summed E-state index contributed by atoms with van der Waals surface area (Å²) < 4.78 is 1.94. The van der Waals surface area contributed by atoms with E-state index in [-0.39, 0.29) is 33.7 Å². The third-order valence-corrected chi connectivity index (χ3v) is 10.0. The second-order valence-electron chi connectivity index (χ2n) is 11.1. The van der Waals surface area contributed by atoms with E-state index in [0.29, 0.717) is 37.2 Å². The fraction of sp³-hybridized carbons (Fsp3) is 0.226. The average Bonchev–Trinajstić information content (AvgIpc) is 3.65. The van der Waals surface area contributed by atoms with Gasteiger partial charge in [-0.1, -0.05) is 17.3 Å². The van der Waals surface area contributed by atoms with Gasteiger partial charge >= 0.3 is 11.9 Å². The highest BCUT2D eigenvalue weighted by Crippen LogP contribution is 2.41. The fourth-order valence-corrected chi connectivity index (χ4v) is 7.47. The second kappa shape index (κ2) is 13.3. The quantitative estimate of drug-likeness (QED) is 0.0505.